The lowest BCUT2D eigenvalue weighted by atomic mass is 10.2. The first-order valence-electron chi connectivity index (χ1n) is 5.40. The Morgan fingerprint density at radius 1 is 1.32 bits per heavy atom. The number of rotatable bonds is 2. The van der Waals surface area contributed by atoms with E-state index >= 15 is 0 Å². The van der Waals surface area contributed by atoms with Crippen molar-refractivity contribution in [2.75, 3.05) is 0 Å². The van der Waals surface area contributed by atoms with Gasteiger partial charge in [-0.15, -0.1) is 0 Å². The standard InChI is InChI=1S/C12H7BrClN3OS/c13-6-8-9(14)11(18)17-12(15-8)19-10(16-17)7-4-2-1-3-5-7/h1-5H,6H2. The highest BCUT2D eigenvalue weighted by Crippen LogP contribution is 2.25. The highest BCUT2D eigenvalue weighted by molar-refractivity contribution is 9.08. The molecule has 0 fully saturated rings. The van der Waals surface area contributed by atoms with Gasteiger partial charge in [0.1, 0.15) is 10.0 Å². The molecule has 96 valence electrons. The highest BCUT2D eigenvalue weighted by atomic mass is 79.9. The molecule has 2 aromatic heterocycles. The second-order valence-electron chi connectivity index (χ2n) is 3.78. The molecule has 0 radical (unpaired) electrons. The minimum Gasteiger partial charge on any atom is -0.266 e. The van der Waals surface area contributed by atoms with Gasteiger partial charge >= 0.3 is 0 Å². The van der Waals surface area contributed by atoms with Crippen LogP contribution >= 0.6 is 38.9 Å². The summed E-state index contributed by atoms with van der Waals surface area (Å²) in [6.45, 7) is 0. The molecule has 0 bridgehead atoms. The third-order valence-electron chi connectivity index (χ3n) is 2.57. The topological polar surface area (TPSA) is 47.3 Å². The molecule has 0 saturated carbocycles. The summed E-state index contributed by atoms with van der Waals surface area (Å²) in [5.41, 5.74) is 1.16. The van der Waals surface area contributed by atoms with Gasteiger partial charge in [-0.2, -0.15) is 9.61 Å². The average Bonchev–Trinajstić information content (AvgIpc) is 2.88. The maximum atomic E-state index is 12.1. The predicted molar refractivity (Wildman–Crippen MR) is 80.2 cm³/mol. The molecular formula is C12H7BrClN3OS. The first-order chi connectivity index (χ1) is 9.20. The molecule has 0 unspecified atom stereocenters. The Kier molecular flexibility index (Phi) is 3.38. The van der Waals surface area contributed by atoms with Gasteiger partial charge in [0.2, 0.25) is 4.96 Å². The molecule has 0 aliphatic heterocycles. The van der Waals surface area contributed by atoms with Crippen LogP contribution in [0.2, 0.25) is 5.02 Å². The Balaban J connectivity index is 2.27. The number of alkyl halides is 1. The summed E-state index contributed by atoms with van der Waals surface area (Å²) in [4.78, 5) is 17.0. The van der Waals surface area contributed by atoms with E-state index in [9.17, 15) is 4.79 Å². The van der Waals surface area contributed by atoms with Crippen molar-refractivity contribution >= 4 is 43.8 Å². The van der Waals surface area contributed by atoms with E-state index in [4.69, 9.17) is 11.6 Å². The fourth-order valence-corrected chi connectivity index (χ4v) is 3.32. The minimum atomic E-state index is -0.334. The summed E-state index contributed by atoms with van der Waals surface area (Å²) in [6, 6.07) is 9.66. The van der Waals surface area contributed by atoms with Gasteiger partial charge in [-0.25, -0.2) is 4.98 Å². The second kappa shape index (κ2) is 5.03. The van der Waals surface area contributed by atoms with Crippen molar-refractivity contribution in [1.29, 1.82) is 0 Å². The zero-order valence-electron chi connectivity index (χ0n) is 9.51. The first-order valence-corrected chi connectivity index (χ1v) is 7.72. The Hall–Kier alpha value is -1.24. The Labute approximate surface area is 125 Å². The molecule has 4 nitrogen and oxygen atoms in total. The van der Waals surface area contributed by atoms with E-state index in [-0.39, 0.29) is 10.6 Å². The fraction of sp³-hybridized carbons (Fsp3) is 0.0833. The smallest absolute Gasteiger partial charge is 0.266 e. The zero-order chi connectivity index (χ0) is 13.4. The molecule has 7 heteroatoms. The quantitative estimate of drug-likeness (QED) is 0.661. The van der Waals surface area contributed by atoms with Crippen LogP contribution in [-0.4, -0.2) is 14.6 Å². The second-order valence-corrected chi connectivity index (χ2v) is 5.67. The van der Waals surface area contributed by atoms with Crippen LogP contribution in [0.4, 0.5) is 0 Å². The van der Waals surface area contributed by atoms with Gasteiger partial charge in [0.05, 0.1) is 5.69 Å². The molecule has 0 amide bonds. The van der Waals surface area contributed by atoms with Gasteiger partial charge in [0.15, 0.2) is 0 Å². The SMILES string of the molecule is O=c1c(Cl)c(CBr)nc2sc(-c3ccccc3)nn12. The summed E-state index contributed by atoms with van der Waals surface area (Å²) in [5.74, 6) is 0. The monoisotopic (exact) mass is 355 g/mol. The number of hydrogen-bond donors (Lipinski definition) is 0. The van der Waals surface area contributed by atoms with Crippen LogP contribution in [0.15, 0.2) is 35.1 Å². The van der Waals surface area contributed by atoms with Gasteiger partial charge in [-0.05, 0) is 0 Å². The number of aromatic nitrogens is 3. The van der Waals surface area contributed by atoms with Crippen LogP contribution in [0.5, 0.6) is 0 Å². The van der Waals surface area contributed by atoms with E-state index in [1.54, 1.807) is 0 Å². The third-order valence-corrected chi connectivity index (χ3v) is 4.44. The van der Waals surface area contributed by atoms with Gasteiger partial charge in [0, 0.05) is 10.9 Å². The molecule has 0 atom stereocenters. The van der Waals surface area contributed by atoms with Crippen molar-refractivity contribution in [3.8, 4) is 10.6 Å². The van der Waals surface area contributed by atoms with Crippen molar-refractivity contribution in [3.63, 3.8) is 0 Å². The molecule has 0 N–H and O–H groups in total. The van der Waals surface area contributed by atoms with E-state index in [0.29, 0.717) is 16.0 Å². The van der Waals surface area contributed by atoms with Crippen LogP contribution in [0, 0.1) is 0 Å². The number of nitrogens with zero attached hydrogens (tertiary/aromatic N) is 3. The molecule has 2 heterocycles. The highest BCUT2D eigenvalue weighted by Gasteiger charge is 2.14. The molecular weight excluding hydrogens is 350 g/mol. The molecule has 1 aromatic carbocycles. The van der Waals surface area contributed by atoms with Crippen molar-refractivity contribution in [1.82, 2.24) is 14.6 Å². The van der Waals surface area contributed by atoms with E-state index in [2.05, 4.69) is 26.0 Å². The van der Waals surface area contributed by atoms with Gasteiger partial charge < -0.3 is 0 Å². The minimum absolute atomic E-state index is 0.110. The van der Waals surface area contributed by atoms with Crippen molar-refractivity contribution in [2.24, 2.45) is 0 Å². The number of fused-ring (bicyclic) bond motifs is 1. The Bertz CT molecular complexity index is 800. The van der Waals surface area contributed by atoms with Crippen molar-refractivity contribution in [3.05, 3.63) is 51.4 Å². The molecule has 0 saturated heterocycles. The number of halogens is 2. The summed E-state index contributed by atoms with van der Waals surface area (Å²) >= 11 is 10.6. The number of benzene rings is 1. The van der Waals surface area contributed by atoms with Crippen LogP contribution < -0.4 is 5.56 Å². The fourth-order valence-electron chi connectivity index (χ4n) is 1.65. The maximum Gasteiger partial charge on any atom is 0.294 e. The van der Waals surface area contributed by atoms with E-state index < -0.39 is 0 Å². The average molecular weight is 357 g/mol. The molecule has 3 aromatic rings. The van der Waals surface area contributed by atoms with Crippen molar-refractivity contribution in [2.45, 2.75) is 5.33 Å². The van der Waals surface area contributed by atoms with Crippen molar-refractivity contribution < 1.29 is 0 Å². The van der Waals surface area contributed by atoms with Gasteiger partial charge in [-0.1, -0.05) is 69.2 Å². The maximum absolute atomic E-state index is 12.1. The predicted octanol–water partition coefficient (Wildman–Crippen LogP) is 3.37. The normalized spacial score (nSPS) is 11.1. The molecule has 3 rings (SSSR count). The first kappa shape index (κ1) is 12.8. The number of hydrogen-bond acceptors (Lipinski definition) is 4. The summed E-state index contributed by atoms with van der Waals surface area (Å²) in [7, 11) is 0. The molecule has 0 spiro atoms. The van der Waals surface area contributed by atoms with Crippen LogP contribution in [-0.2, 0) is 5.33 Å². The lowest BCUT2D eigenvalue weighted by Gasteiger charge is -1.97. The van der Waals surface area contributed by atoms with Gasteiger partial charge in [-0.3, -0.25) is 4.79 Å². The largest absolute Gasteiger partial charge is 0.294 e. The molecule has 0 aliphatic rings. The molecule has 0 aliphatic carbocycles. The Morgan fingerprint density at radius 2 is 2.05 bits per heavy atom. The third kappa shape index (κ3) is 2.20. The Morgan fingerprint density at radius 3 is 2.74 bits per heavy atom. The van der Waals surface area contributed by atoms with Crippen LogP contribution in [0.1, 0.15) is 5.69 Å². The molecule has 19 heavy (non-hydrogen) atoms. The summed E-state index contributed by atoms with van der Waals surface area (Å²) in [6.07, 6.45) is 0. The van der Waals surface area contributed by atoms with E-state index in [1.807, 2.05) is 30.3 Å². The summed E-state index contributed by atoms with van der Waals surface area (Å²) < 4.78 is 1.25. The van der Waals surface area contributed by atoms with E-state index in [0.717, 1.165) is 10.6 Å². The van der Waals surface area contributed by atoms with Crippen LogP contribution in [0.25, 0.3) is 15.5 Å². The lowest BCUT2D eigenvalue weighted by molar-refractivity contribution is 0.893. The van der Waals surface area contributed by atoms with E-state index in [1.165, 1.54) is 15.9 Å². The zero-order valence-corrected chi connectivity index (χ0v) is 12.7. The summed E-state index contributed by atoms with van der Waals surface area (Å²) in [5, 5.41) is 5.57. The van der Waals surface area contributed by atoms with Gasteiger partial charge in [0.25, 0.3) is 5.56 Å². The lowest BCUT2D eigenvalue weighted by Crippen LogP contribution is -2.17. The van der Waals surface area contributed by atoms with Crippen LogP contribution in [0.3, 0.4) is 0 Å².